The van der Waals surface area contributed by atoms with E-state index < -0.39 is 0 Å². The van der Waals surface area contributed by atoms with Crippen LogP contribution in [0, 0.1) is 0 Å². The first-order valence-electron chi connectivity index (χ1n) is 8.25. The lowest BCUT2D eigenvalue weighted by molar-refractivity contribution is -0.121. The van der Waals surface area contributed by atoms with E-state index in [4.69, 9.17) is 0 Å². The van der Waals surface area contributed by atoms with Gasteiger partial charge in [-0.25, -0.2) is 0 Å². The summed E-state index contributed by atoms with van der Waals surface area (Å²) in [6.07, 6.45) is 1.84. The molecule has 1 aliphatic heterocycles. The molecule has 2 aromatic heterocycles. The minimum absolute atomic E-state index is 0.0899. The first kappa shape index (κ1) is 16.0. The molecule has 0 spiro atoms. The van der Waals surface area contributed by atoms with Crippen molar-refractivity contribution in [2.45, 2.75) is 13.0 Å². The van der Waals surface area contributed by atoms with Gasteiger partial charge in [-0.15, -0.1) is 10.2 Å². The van der Waals surface area contributed by atoms with Gasteiger partial charge in [0, 0.05) is 23.0 Å². The molecule has 0 fully saturated rings. The Morgan fingerprint density at radius 1 is 1.15 bits per heavy atom. The molecule has 130 valence electrons. The van der Waals surface area contributed by atoms with E-state index in [0.29, 0.717) is 22.7 Å². The molecule has 0 saturated carbocycles. The molecule has 4 rings (SSSR count). The number of pyridine rings is 1. The van der Waals surface area contributed by atoms with Gasteiger partial charge in [0.05, 0.1) is 6.04 Å². The van der Waals surface area contributed by atoms with Crippen LogP contribution in [0.3, 0.4) is 0 Å². The van der Waals surface area contributed by atoms with Crippen molar-refractivity contribution in [1.29, 1.82) is 0 Å². The highest BCUT2D eigenvalue weighted by Crippen LogP contribution is 2.30. The van der Waals surface area contributed by atoms with Crippen molar-refractivity contribution in [1.82, 2.24) is 24.8 Å². The number of amides is 2. The average molecular weight is 347 g/mol. The predicted molar refractivity (Wildman–Crippen MR) is 96.1 cm³/mol. The number of carbonyl (C=O) groups excluding carboxylic acids is 2. The smallest absolute Gasteiger partial charge is 0.259 e. The molecule has 1 atom stereocenters. The molecule has 2 amide bonds. The summed E-state index contributed by atoms with van der Waals surface area (Å²) in [5.41, 5.74) is 2.59. The van der Waals surface area contributed by atoms with Crippen LogP contribution in [0.2, 0.25) is 0 Å². The van der Waals surface area contributed by atoms with E-state index in [1.807, 2.05) is 47.9 Å². The molecule has 1 aliphatic rings. The summed E-state index contributed by atoms with van der Waals surface area (Å²) < 4.78 is 1.82. The lowest BCUT2D eigenvalue weighted by atomic mass is 10.1. The number of fused-ring (bicyclic) bond motifs is 2. The van der Waals surface area contributed by atoms with Crippen LogP contribution in [0.1, 0.15) is 34.7 Å². The second-order valence-corrected chi connectivity index (χ2v) is 6.16. The number of hydrogen-bond acceptors (Lipinski definition) is 4. The number of rotatable bonds is 4. The Hall–Kier alpha value is -3.48. The fourth-order valence-electron chi connectivity index (χ4n) is 3.15. The van der Waals surface area contributed by atoms with E-state index in [0.717, 1.165) is 5.56 Å². The topological polar surface area (TPSA) is 79.6 Å². The number of nitrogens with one attached hydrogen (secondary N) is 1. The summed E-state index contributed by atoms with van der Waals surface area (Å²) in [5.74, 6) is 0.137. The molecule has 7 heteroatoms. The first-order valence-corrected chi connectivity index (χ1v) is 8.25. The minimum Gasteiger partial charge on any atom is -0.345 e. The number of benzene rings is 1. The van der Waals surface area contributed by atoms with Gasteiger partial charge in [-0.2, -0.15) is 0 Å². The Balaban J connectivity index is 1.48. The average Bonchev–Trinajstić information content (AvgIpc) is 3.18. The number of nitrogens with zero attached hydrogens (tertiary/aromatic N) is 4. The van der Waals surface area contributed by atoms with Crippen LogP contribution in [0.25, 0.3) is 11.3 Å². The van der Waals surface area contributed by atoms with Crippen LogP contribution < -0.4 is 5.32 Å². The standard InChI is InChI=1S/C19H17N5O2/c1-12(18-22-21-16-9-5-6-10-23(16)18)20-17(25)11-24-13(2)14-7-3-4-8-15(14)19(24)26/h3-10,12H,2,11H2,1H3,(H,20,25)/t12-/m0/s1. The van der Waals surface area contributed by atoms with Crippen molar-refractivity contribution in [3.05, 3.63) is 72.2 Å². The van der Waals surface area contributed by atoms with Crippen LogP contribution in [-0.4, -0.2) is 37.9 Å². The maximum absolute atomic E-state index is 12.5. The van der Waals surface area contributed by atoms with Crippen LogP contribution in [0.5, 0.6) is 0 Å². The third-order valence-electron chi connectivity index (χ3n) is 4.45. The van der Waals surface area contributed by atoms with Crippen LogP contribution in [0.4, 0.5) is 0 Å². The van der Waals surface area contributed by atoms with Gasteiger partial charge in [0.25, 0.3) is 5.91 Å². The van der Waals surface area contributed by atoms with Gasteiger partial charge >= 0.3 is 0 Å². The number of hydrogen-bond donors (Lipinski definition) is 1. The molecule has 0 aliphatic carbocycles. The maximum atomic E-state index is 12.5. The Kier molecular flexibility index (Phi) is 3.76. The third-order valence-corrected chi connectivity index (χ3v) is 4.45. The van der Waals surface area contributed by atoms with Crippen molar-refractivity contribution < 1.29 is 9.59 Å². The summed E-state index contributed by atoms with van der Waals surface area (Å²) in [7, 11) is 0. The van der Waals surface area contributed by atoms with Gasteiger partial charge in [-0.3, -0.25) is 18.9 Å². The lowest BCUT2D eigenvalue weighted by Crippen LogP contribution is -2.38. The van der Waals surface area contributed by atoms with Crippen molar-refractivity contribution in [2.75, 3.05) is 6.54 Å². The largest absolute Gasteiger partial charge is 0.345 e. The van der Waals surface area contributed by atoms with Crippen LogP contribution >= 0.6 is 0 Å². The molecular weight excluding hydrogens is 330 g/mol. The third kappa shape index (κ3) is 2.54. The highest BCUT2D eigenvalue weighted by Gasteiger charge is 2.32. The second-order valence-electron chi connectivity index (χ2n) is 6.16. The van der Waals surface area contributed by atoms with E-state index in [9.17, 15) is 9.59 Å². The van der Waals surface area contributed by atoms with E-state index in [2.05, 4.69) is 22.1 Å². The van der Waals surface area contributed by atoms with Crippen LogP contribution in [0.15, 0.2) is 55.2 Å². The SMILES string of the molecule is C=C1c2ccccc2C(=O)N1CC(=O)N[C@@H](C)c1nnc2ccccn12. The second kappa shape index (κ2) is 6.11. The van der Waals surface area contributed by atoms with Crippen LogP contribution in [-0.2, 0) is 4.79 Å². The highest BCUT2D eigenvalue weighted by atomic mass is 16.2. The molecule has 1 aromatic carbocycles. The molecule has 0 unspecified atom stereocenters. The molecular formula is C19H17N5O2. The van der Waals surface area contributed by atoms with E-state index in [1.54, 1.807) is 12.1 Å². The lowest BCUT2D eigenvalue weighted by Gasteiger charge is -2.19. The Morgan fingerprint density at radius 3 is 2.65 bits per heavy atom. The predicted octanol–water partition coefficient (Wildman–Crippen LogP) is 2.03. The van der Waals surface area contributed by atoms with Crippen molar-refractivity contribution in [2.24, 2.45) is 0 Å². The van der Waals surface area contributed by atoms with Crippen molar-refractivity contribution >= 4 is 23.2 Å². The van der Waals surface area contributed by atoms with Gasteiger partial charge in [0.15, 0.2) is 11.5 Å². The molecule has 26 heavy (non-hydrogen) atoms. The monoisotopic (exact) mass is 347 g/mol. The van der Waals surface area contributed by atoms with Gasteiger partial charge in [0.2, 0.25) is 5.91 Å². The van der Waals surface area contributed by atoms with E-state index >= 15 is 0 Å². The molecule has 0 radical (unpaired) electrons. The normalized spacial score (nSPS) is 14.6. The van der Waals surface area contributed by atoms with Crippen molar-refractivity contribution in [3.8, 4) is 0 Å². The molecule has 3 aromatic rings. The fourth-order valence-corrected chi connectivity index (χ4v) is 3.15. The molecule has 0 bridgehead atoms. The summed E-state index contributed by atoms with van der Waals surface area (Å²) >= 11 is 0. The van der Waals surface area contributed by atoms with Crippen molar-refractivity contribution in [3.63, 3.8) is 0 Å². The molecule has 3 heterocycles. The molecule has 0 saturated heterocycles. The van der Waals surface area contributed by atoms with Gasteiger partial charge < -0.3 is 5.32 Å². The quantitative estimate of drug-likeness (QED) is 0.783. The Labute approximate surface area is 150 Å². The summed E-state index contributed by atoms with van der Waals surface area (Å²) in [5, 5.41) is 11.1. The molecule has 7 nitrogen and oxygen atoms in total. The first-order chi connectivity index (χ1) is 12.6. The van der Waals surface area contributed by atoms with Gasteiger partial charge in [0.1, 0.15) is 6.54 Å². The summed E-state index contributed by atoms with van der Waals surface area (Å²) in [4.78, 5) is 26.4. The highest BCUT2D eigenvalue weighted by molar-refractivity contribution is 6.10. The van der Waals surface area contributed by atoms with E-state index in [1.165, 1.54) is 4.90 Å². The fraction of sp³-hybridized carbons (Fsp3) is 0.158. The summed E-state index contributed by atoms with van der Waals surface area (Å²) in [6.45, 7) is 5.69. The Bertz CT molecular complexity index is 1000. The van der Waals surface area contributed by atoms with Gasteiger partial charge in [-0.05, 0) is 25.1 Å². The Morgan fingerprint density at radius 2 is 1.88 bits per heavy atom. The summed E-state index contributed by atoms with van der Waals surface area (Å²) in [6, 6.07) is 12.5. The number of carbonyl (C=O) groups is 2. The zero-order chi connectivity index (χ0) is 18.3. The zero-order valence-electron chi connectivity index (χ0n) is 14.2. The zero-order valence-corrected chi connectivity index (χ0v) is 14.2. The molecule has 1 N–H and O–H groups in total. The minimum atomic E-state index is -0.353. The van der Waals surface area contributed by atoms with E-state index in [-0.39, 0.29) is 24.4 Å². The van der Waals surface area contributed by atoms with Gasteiger partial charge in [-0.1, -0.05) is 30.8 Å². The number of aromatic nitrogens is 3. The maximum Gasteiger partial charge on any atom is 0.259 e.